The predicted molar refractivity (Wildman–Crippen MR) is 172 cm³/mol. The molecule has 16 heteroatoms. The highest BCUT2D eigenvalue weighted by Gasteiger charge is 2.41. The number of aromatic nitrogens is 5. The number of nitrogens with zero attached hydrogens (tertiary/aromatic N) is 8. The molecular weight excluding hydrogens is 648 g/mol. The van der Waals surface area contributed by atoms with Crippen LogP contribution in [-0.4, -0.2) is 123 Å². The Balaban J connectivity index is 1.05. The van der Waals surface area contributed by atoms with Gasteiger partial charge in [-0.2, -0.15) is 19.0 Å². The minimum atomic E-state index is -3.10. The van der Waals surface area contributed by atoms with Gasteiger partial charge in [-0.05, 0) is 55.6 Å². The van der Waals surface area contributed by atoms with Crippen LogP contribution in [0.5, 0.6) is 5.75 Å². The average molecular weight is 684 g/mol. The first-order valence-electron chi connectivity index (χ1n) is 16.0. The fourth-order valence-corrected chi connectivity index (χ4v) is 7.09. The molecule has 0 spiro atoms. The number of halogens is 3. The van der Waals surface area contributed by atoms with Crippen molar-refractivity contribution in [1.29, 1.82) is 0 Å². The molecule has 254 valence electrons. The predicted octanol–water partition coefficient (Wildman–Crippen LogP) is 3.21. The normalized spacial score (nSPS) is 20.1. The molecule has 6 heterocycles. The Kier molecular flexibility index (Phi) is 9.52. The van der Waals surface area contributed by atoms with Gasteiger partial charge in [0.2, 0.25) is 5.91 Å². The number of alkyl halides is 2. The van der Waals surface area contributed by atoms with E-state index in [0.717, 1.165) is 58.9 Å². The van der Waals surface area contributed by atoms with E-state index in [1.54, 1.807) is 18.5 Å². The van der Waals surface area contributed by atoms with Crippen LogP contribution in [0.25, 0.3) is 16.9 Å². The van der Waals surface area contributed by atoms with Gasteiger partial charge >= 0.3 is 6.61 Å². The number of hydrogen-bond donors (Lipinski definition) is 1. The van der Waals surface area contributed by atoms with Crippen molar-refractivity contribution < 1.29 is 27.8 Å². The Morgan fingerprint density at radius 3 is 2.62 bits per heavy atom. The Labute approximate surface area is 280 Å². The number of anilines is 1. The number of ether oxygens (including phenoxy) is 2. The van der Waals surface area contributed by atoms with Gasteiger partial charge in [0.25, 0.3) is 5.91 Å². The zero-order valence-electron chi connectivity index (χ0n) is 26.2. The third kappa shape index (κ3) is 7.14. The zero-order valence-corrected chi connectivity index (χ0v) is 26.9. The van der Waals surface area contributed by atoms with Gasteiger partial charge in [-0.25, -0.2) is 9.50 Å². The molecule has 3 aliphatic rings. The number of rotatable bonds is 11. The van der Waals surface area contributed by atoms with Gasteiger partial charge in [0.1, 0.15) is 23.6 Å². The number of likely N-dealkylation sites (tertiary alicyclic amines) is 2. The second-order valence-electron chi connectivity index (χ2n) is 12.4. The van der Waals surface area contributed by atoms with Crippen molar-refractivity contribution in [2.75, 3.05) is 70.9 Å². The molecule has 0 radical (unpaired) electrons. The molecule has 1 N–H and O–H groups in total. The molecule has 0 aliphatic carbocycles. The minimum Gasteiger partial charge on any atom is -0.434 e. The van der Waals surface area contributed by atoms with Crippen molar-refractivity contribution in [3.63, 3.8) is 0 Å². The van der Waals surface area contributed by atoms with E-state index in [-0.39, 0.29) is 45.7 Å². The summed E-state index contributed by atoms with van der Waals surface area (Å²) in [7, 11) is 0. The number of benzene rings is 1. The highest BCUT2D eigenvalue weighted by molar-refractivity contribution is 6.31. The molecular formula is C32H36ClF2N9O4. The fourth-order valence-electron chi connectivity index (χ4n) is 6.91. The number of nitrogens with one attached hydrogen (secondary N) is 1. The highest BCUT2D eigenvalue weighted by atomic mass is 35.5. The third-order valence-electron chi connectivity index (χ3n) is 9.21. The van der Waals surface area contributed by atoms with E-state index < -0.39 is 12.5 Å². The van der Waals surface area contributed by atoms with Crippen molar-refractivity contribution >= 4 is 34.7 Å². The van der Waals surface area contributed by atoms with E-state index in [4.69, 9.17) is 21.1 Å². The molecule has 0 unspecified atom stereocenters. The summed E-state index contributed by atoms with van der Waals surface area (Å²) in [5.41, 5.74) is 0.949. The fraction of sp³-hybridized carbons (Fsp3) is 0.469. The van der Waals surface area contributed by atoms with Gasteiger partial charge in [0.15, 0.2) is 5.65 Å². The Hall–Kier alpha value is -4.18. The Bertz CT molecular complexity index is 1770. The van der Waals surface area contributed by atoms with E-state index in [9.17, 15) is 18.4 Å². The van der Waals surface area contributed by atoms with Crippen molar-refractivity contribution in [2.24, 2.45) is 11.8 Å². The van der Waals surface area contributed by atoms with Gasteiger partial charge in [-0.15, -0.1) is 0 Å². The number of hydrogen-bond acceptors (Lipinski definition) is 9. The number of carbonyl (C=O) groups excluding carboxylic acids is 2. The SMILES string of the molecule is O=C(Nc1cn(CC(=O)N2C[C@H]3CN(CCCN4CCOCC4)C[C@H]3C2)nc1-c1cc(Cl)ccc1OC(F)F)c1cnn2cccnc12. The molecule has 1 aromatic carbocycles. The largest absolute Gasteiger partial charge is 0.434 e. The molecule has 3 aromatic heterocycles. The van der Waals surface area contributed by atoms with Crippen LogP contribution in [0.4, 0.5) is 14.5 Å². The number of fused-ring (bicyclic) bond motifs is 2. The van der Waals surface area contributed by atoms with Gasteiger partial charge in [0, 0.05) is 68.4 Å². The third-order valence-corrected chi connectivity index (χ3v) is 9.45. The molecule has 13 nitrogen and oxygen atoms in total. The summed E-state index contributed by atoms with van der Waals surface area (Å²) < 4.78 is 39.8. The summed E-state index contributed by atoms with van der Waals surface area (Å²) in [6, 6.07) is 5.84. The Morgan fingerprint density at radius 1 is 1.08 bits per heavy atom. The summed E-state index contributed by atoms with van der Waals surface area (Å²) in [4.78, 5) is 38.0. The van der Waals surface area contributed by atoms with Crippen molar-refractivity contribution in [3.05, 3.63) is 59.6 Å². The van der Waals surface area contributed by atoms with Crippen LogP contribution in [0.2, 0.25) is 5.02 Å². The lowest BCUT2D eigenvalue weighted by atomic mass is 10.0. The van der Waals surface area contributed by atoms with Gasteiger partial charge < -0.3 is 24.6 Å². The smallest absolute Gasteiger partial charge is 0.387 e. The van der Waals surface area contributed by atoms with Crippen molar-refractivity contribution in [1.82, 2.24) is 39.1 Å². The molecule has 0 saturated carbocycles. The van der Waals surface area contributed by atoms with E-state index in [1.165, 1.54) is 39.8 Å². The maximum Gasteiger partial charge on any atom is 0.387 e. The summed E-state index contributed by atoms with van der Waals surface area (Å²) in [5.74, 6) is -0.00473. The quantitative estimate of drug-likeness (QED) is 0.254. The van der Waals surface area contributed by atoms with Gasteiger partial charge in [-0.1, -0.05) is 11.6 Å². The molecule has 4 aromatic rings. The van der Waals surface area contributed by atoms with Crippen LogP contribution in [0, 0.1) is 11.8 Å². The molecule has 48 heavy (non-hydrogen) atoms. The molecule has 0 bridgehead atoms. The summed E-state index contributed by atoms with van der Waals surface area (Å²) in [5, 5.41) is 11.8. The lowest BCUT2D eigenvalue weighted by Crippen LogP contribution is -2.38. The molecule has 2 amide bonds. The molecule has 7 rings (SSSR count). The summed E-state index contributed by atoms with van der Waals surface area (Å²) >= 11 is 6.25. The van der Waals surface area contributed by atoms with Crippen LogP contribution in [0.15, 0.2) is 49.1 Å². The second kappa shape index (κ2) is 14.1. The van der Waals surface area contributed by atoms with E-state index >= 15 is 0 Å². The first-order chi connectivity index (χ1) is 23.3. The second-order valence-corrected chi connectivity index (χ2v) is 12.8. The van der Waals surface area contributed by atoms with Crippen molar-refractivity contribution in [3.8, 4) is 17.0 Å². The summed E-state index contributed by atoms with van der Waals surface area (Å²) in [6.07, 6.45) is 7.20. The maximum absolute atomic E-state index is 13.5. The molecule has 3 aliphatic heterocycles. The number of morpholine rings is 1. The summed E-state index contributed by atoms with van der Waals surface area (Å²) in [6.45, 7) is 5.82. The van der Waals surface area contributed by atoms with E-state index in [0.29, 0.717) is 30.6 Å². The monoisotopic (exact) mass is 683 g/mol. The lowest BCUT2D eigenvalue weighted by molar-refractivity contribution is -0.131. The maximum atomic E-state index is 13.5. The first kappa shape index (κ1) is 32.4. The van der Waals surface area contributed by atoms with Crippen LogP contribution >= 0.6 is 11.6 Å². The minimum absolute atomic E-state index is 0.102. The van der Waals surface area contributed by atoms with E-state index in [1.807, 2.05) is 4.90 Å². The van der Waals surface area contributed by atoms with Gasteiger partial charge in [-0.3, -0.25) is 19.2 Å². The first-order valence-corrected chi connectivity index (χ1v) is 16.4. The number of carbonyl (C=O) groups is 2. The average Bonchev–Trinajstić information content (AvgIpc) is 3.85. The zero-order chi connectivity index (χ0) is 33.2. The molecule has 3 saturated heterocycles. The highest BCUT2D eigenvalue weighted by Crippen LogP contribution is 2.37. The van der Waals surface area contributed by atoms with Crippen molar-refractivity contribution in [2.45, 2.75) is 19.6 Å². The Morgan fingerprint density at radius 2 is 1.85 bits per heavy atom. The number of amides is 2. The molecule has 3 fully saturated rings. The standard InChI is InChI=1S/C32H36ClF2N9O4/c33-23-3-4-27(48-32(34)35)24(13-23)29-26(38-31(46)25-14-37-44-8-1-5-36-30(25)44)19-43(39-29)20-28(45)42-17-21-15-41(16-22(21)18-42)7-2-6-40-9-11-47-12-10-40/h1,3-5,8,13-14,19,21-22,32H,2,6-7,9-12,15-18,20H2,(H,38,46)/t21-,22+. The van der Waals surface area contributed by atoms with Crippen LogP contribution < -0.4 is 10.1 Å². The van der Waals surface area contributed by atoms with Crippen LogP contribution in [0.3, 0.4) is 0 Å². The lowest BCUT2D eigenvalue weighted by Gasteiger charge is -2.27. The van der Waals surface area contributed by atoms with Crippen LogP contribution in [0.1, 0.15) is 16.8 Å². The molecule has 2 atom stereocenters. The van der Waals surface area contributed by atoms with E-state index in [2.05, 4.69) is 30.3 Å². The topological polar surface area (TPSA) is 122 Å². The van der Waals surface area contributed by atoms with Gasteiger partial charge in [0.05, 0.1) is 25.1 Å². The van der Waals surface area contributed by atoms with Crippen LogP contribution in [-0.2, 0) is 16.1 Å².